The molecule has 0 radical (unpaired) electrons. The second-order valence-electron chi connectivity index (χ2n) is 2.81. The Bertz CT molecular complexity index is 511. The molecule has 0 bridgehead atoms. The SMILES string of the molecule is Cc1noc2ncnc(SCC(=O)O)c12. The van der Waals surface area contributed by atoms with Crippen LogP contribution in [0.4, 0.5) is 0 Å². The molecule has 2 aromatic heterocycles. The van der Waals surface area contributed by atoms with Gasteiger partial charge in [0.1, 0.15) is 11.4 Å². The second-order valence-corrected chi connectivity index (χ2v) is 3.77. The summed E-state index contributed by atoms with van der Waals surface area (Å²) in [5.41, 5.74) is 1.05. The van der Waals surface area contributed by atoms with E-state index in [4.69, 9.17) is 9.63 Å². The van der Waals surface area contributed by atoms with Crippen LogP contribution in [-0.4, -0.2) is 32.0 Å². The van der Waals surface area contributed by atoms with Crippen LogP contribution < -0.4 is 0 Å². The summed E-state index contributed by atoms with van der Waals surface area (Å²) >= 11 is 1.13. The summed E-state index contributed by atoms with van der Waals surface area (Å²) < 4.78 is 4.93. The van der Waals surface area contributed by atoms with Crippen molar-refractivity contribution in [3.05, 3.63) is 12.0 Å². The van der Waals surface area contributed by atoms with E-state index in [9.17, 15) is 4.79 Å². The molecular formula is C8H7N3O3S. The first-order valence-corrected chi connectivity index (χ1v) is 5.08. The van der Waals surface area contributed by atoms with Crippen LogP contribution in [-0.2, 0) is 4.79 Å². The molecule has 0 saturated carbocycles. The Morgan fingerprint density at radius 2 is 2.40 bits per heavy atom. The maximum Gasteiger partial charge on any atom is 0.313 e. The number of hydrogen-bond donors (Lipinski definition) is 1. The summed E-state index contributed by atoms with van der Waals surface area (Å²) in [4.78, 5) is 18.3. The number of thioether (sulfide) groups is 1. The predicted octanol–water partition coefficient (Wildman–Crippen LogP) is 1.10. The Kier molecular flexibility index (Phi) is 2.55. The van der Waals surface area contributed by atoms with Gasteiger partial charge in [0.15, 0.2) is 0 Å². The molecule has 2 rings (SSSR count). The van der Waals surface area contributed by atoms with E-state index in [0.717, 1.165) is 11.8 Å². The fraction of sp³-hybridized carbons (Fsp3) is 0.250. The lowest BCUT2D eigenvalue weighted by Gasteiger charge is -1.97. The fourth-order valence-electron chi connectivity index (χ4n) is 1.13. The van der Waals surface area contributed by atoms with Crippen molar-refractivity contribution >= 4 is 28.8 Å². The van der Waals surface area contributed by atoms with Crippen LogP contribution in [0.25, 0.3) is 11.1 Å². The highest BCUT2D eigenvalue weighted by Crippen LogP contribution is 2.26. The number of rotatable bonds is 3. The number of aryl methyl sites for hydroxylation is 1. The maximum absolute atomic E-state index is 10.4. The van der Waals surface area contributed by atoms with E-state index in [1.165, 1.54) is 6.33 Å². The number of hydrogen-bond acceptors (Lipinski definition) is 6. The Labute approximate surface area is 88.7 Å². The molecule has 0 aliphatic rings. The average Bonchev–Trinajstić information content (AvgIpc) is 2.58. The van der Waals surface area contributed by atoms with Crippen LogP contribution in [0.5, 0.6) is 0 Å². The van der Waals surface area contributed by atoms with Crippen molar-refractivity contribution in [2.75, 3.05) is 5.75 Å². The Morgan fingerprint density at radius 3 is 3.13 bits per heavy atom. The molecule has 6 nitrogen and oxygen atoms in total. The van der Waals surface area contributed by atoms with Gasteiger partial charge in [-0.2, -0.15) is 4.98 Å². The quantitative estimate of drug-likeness (QED) is 0.618. The van der Waals surface area contributed by atoms with Gasteiger partial charge in [-0.1, -0.05) is 16.9 Å². The number of aliphatic carboxylic acids is 1. The van der Waals surface area contributed by atoms with Gasteiger partial charge in [-0.25, -0.2) is 4.98 Å². The van der Waals surface area contributed by atoms with Gasteiger partial charge in [0, 0.05) is 0 Å². The summed E-state index contributed by atoms with van der Waals surface area (Å²) in [6.45, 7) is 1.76. The molecule has 7 heteroatoms. The molecule has 0 saturated heterocycles. The van der Waals surface area contributed by atoms with Gasteiger partial charge in [0.25, 0.3) is 5.71 Å². The largest absolute Gasteiger partial charge is 0.481 e. The molecule has 0 spiro atoms. The van der Waals surface area contributed by atoms with Gasteiger partial charge in [-0.3, -0.25) is 4.79 Å². The van der Waals surface area contributed by atoms with E-state index in [1.807, 2.05) is 0 Å². The molecule has 0 amide bonds. The molecule has 0 unspecified atom stereocenters. The predicted molar refractivity (Wildman–Crippen MR) is 52.7 cm³/mol. The van der Waals surface area contributed by atoms with E-state index in [1.54, 1.807) is 6.92 Å². The summed E-state index contributed by atoms with van der Waals surface area (Å²) in [5, 5.41) is 13.6. The zero-order valence-corrected chi connectivity index (χ0v) is 8.61. The Hall–Kier alpha value is -1.63. The minimum atomic E-state index is -0.888. The van der Waals surface area contributed by atoms with E-state index in [-0.39, 0.29) is 5.75 Å². The lowest BCUT2D eigenvalue weighted by Crippen LogP contribution is -1.98. The fourth-order valence-corrected chi connectivity index (χ4v) is 1.89. The maximum atomic E-state index is 10.4. The van der Waals surface area contributed by atoms with E-state index >= 15 is 0 Å². The molecular weight excluding hydrogens is 218 g/mol. The third kappa shape index (κ3) is 1.91. The summed E-state index contributed by atoms with van der Waals surface area (Å²) in [7, 11) is 0. The summed E-state index contributed by atoms with van der Waals surface area (Å²) in [6, 6.07) is 0. The smallest absolute Gasteiger partial charge is 0.313 e. The molecule has 0 aliphatic carbocycles. The van der Waals surface area contributed by atoms with Crippen molar-refractivity contribution in [1.29, 1.82) is 0 Å². The molecule has 15 heavy (non-hydrogen) atoms. The zero-order chi connectivity index (χ0) is 10.8. The number of aromatic nitrogens is 3. The molecule has 0 fully saturated rings. The highest BCUT2D eigenvalue weighted by Gasteiger charge is 2.13. The van der Waals surface area contributed by atoms with Crippen molar-refractivity contribution in [2.24, 2.45) is 0 Å². The molecule has 0 aliphatic heterocycles. The van der Waals surface area contributed by atoms with Crippen LogP contribution in [0.2, 0.25) is 0 Å². The first-order valence-electron chi connectivity index (χ1n) is 4.10. The highest BCUT2D eigenvalue weighted by molar-refractivity contribution is 8.00. The molecule has 0 aromatic carbocycles. The van der Waals surface area contributed by atoms with Crippen molar-refractivity contribution < 1.29 is 14.4 Å². The third-order valence-corrected chi connectivity index (χ3v) is 2.72. The van der Waals surface area contributed by atoms with Gasteiger partial charge in [-0.15, -0.1) is 0 Å². The van der Waals surface area contributed by atoms with E-state index in [0.29, 0.717) is 21.8 Å². The van der Waals surface area contributed by atoms with Gasteiger partial charge >= 0.3 is 5.97 Å². The van der Waals surface area contributed by atoms with Crippen LogP contribution in [0.1, 0.15) is 5.69 Å². The van der Waals surface area contributed by atoms with Crippen LogP contribution in [0.15, 0.2) is 15.9 Å². The molecule has 0 atom stereocenters. The third-order valence-electron chi connectivity index (χ3n) is 1.74. The summed E-state index contributed by atoms with van der Waals surface area (Å²) in [6.07, 6.45) is 1.33. The number of nitrogens with zero attached hydrogens (tertiary/aromatic N) is 3. The topological polar surface area (TPSA) is 89.1 Å². The molecule has 2 aromatic rings. The first-order chi connectivity index (χ1) is 7.18. The second kappa shape index (κ2) is 3.85. The van der Waals surface area contributed by atoms with Crippen molar-refractivity contribution in [1.82, 2.24) is 15.1 Å². The number of carbonyl (C=O) groups is 1. The van der Waals surface area contributed by atoms with Crippen molar-refractivity contribution in [2.45, 2.75) is 11.9 Å². The lowest BCUT2D eigenvalue weighted by molar-refractivity contribution is -0.133. The summed E-state index contributed by atoms with van der Waals surface area (Å²) in [5.74, 6) is -0.933. The minimum Gasteiger partial charge on any atom is -0.481 e. The van der Waals surface area contributed by atoms with Crippen LogP contribution in [0, 0.1) is 6.92 Å². The molecule has 2 heterocycles. The van der Waals surface area contributed by atoms with E-state index < -0.39 is 5.97 Å². The standard InChI is InChI=1S/C8H7N3O3S/c1-4-6-7(14-11-4)9-3-10-8(6)15-2-5(12)13/h3H,2H2,1H3,(H,12,13). The number of carboxylic acids is 1. The van der Waals surface area contributed by atoms with Gasteiger partial charge < -0.3 is 9.63 Å². The van der Waals surface area contributed by atoms with Crippen LogP contribution >= 0.6 is 11.8 Å². The average molecular weight is 225 g/mol. The van der Waals surface area contributed by atoms with E-state index in [2.05, 4.69) is 15.1 Å². The first kappa shape index (κ1) is 9.91. The van der Waals surface area contributed by atoms with Gasteiger partial charge in [0.2, 0.25) is 0 Å². The molecule has 1 N–H and O–H groups in total. The number of fused-ring (bicyclic) bond motifs is 1. The van der Waals surface area contributed by atoms with Gasteiger partial charge in [-0.05, 0) is 6.92 Å². The van der Waals surface area contributed by atoms with Crippen molar-refractivity contribution in [3.63, 3.8) is 0 Å². The zero-order valence-electron chi connectivity index (χ0n) is 7.80. The molecule has 78 valence electrons. The Morgan fingerprint density at radius 1 is 1.60 bits per heavy atom. The monoisotopic (exact) mass is 225 g/mol. The van der Waals surface area contributed by atoms with Gasteiger partial charge in [0.05, 0.1) is 16.8 Å². The lowest BCUT2D eigenvalue weighted by atomic mass is 10.3. The highest BCUT2D eigenvalue weighted by atomic mass is 32.2. The number of carboxylic acid groups (broad SMARTS) is 1. The normalized spacial score (nSPS) is 10.7. The van der Waals surface area contributed by atoms with Crippen LogP contribution in [0.3, 0.4) is 0 Å². The minimum absolute atomic E-state index is 0.0449. The van der Waals surface area contributed by atoms with Crippen molar-refractivity contribution in [3.8, 4) is 0 Å². The Balaban J connectivity index is 2.41.